The average Bonchev–Trinajstić information content (AvgIpc) is 3.50. The van der Waals surface area contributed by atoms with Gasteiger partial charge in [0.05, 0.1) is 23.0 Å². The first kappa shape index (κ1) is 19.3. The molecule has 30 heavy (non-hydrogen) atoms. The number of para-hydroxylation sites is 2. The van der Waals surface area contributed by atoms with Crippen LogP contribution in [-0.2, 0) is 5.75 Å². The molecule has 3 aromatic heterocycles. The molecule has 0 atom stereocenters. The van der Waals surface area contributed by atoms with Crippen molar-refractivity contribution in [2.75, 3.05) is 0 Å². The molecule has 5 rings (SSSR count). The highest BCUT2D eigenvalue weighted by molar-refractivity contribution is 7.98. The maximum absolute atomic E-state index is 13.7. The number of hydrogen-bond donors (Lipinski definition) is 0. The minimum absolute atomic E-state index is 0.280. The first-order valence-electron chi connectivity index (χ1n) is 10.1. The van der Waals surface area contributed by atoms with Crippen LogP contribution in [-0.4, -0.2) is 24.3 Å². The molecule has 0 saturated heterocycles. The van der Waals surface area contributed by atoms with E-state index in [1.807, 2.05) is 12.1 Å². The Kier molecular flexibility index (Phi) is 5.28. The van der Waals surface area contributed by atoms with Crippen molar-refractivity contribution in [3.05, 3.63) is 48.5 Å². The van der Waals surface area contributed by atoms with Gasteiger partial charge in [-0.2, -0.15) is 8.78 Å². The summed E-state index contributed by atoms with van der Waals surface area (Å²) < 4.78 is 36.2. The highest BCUT2D eigenvalue weighted by Crippen LogP contribution is 2.37. The van der Waals surface area contributed by atoms with Gasteiger partial charge in [0.25, 0.3) is 0 Å². The monoisotopic (exact) mass is 429 g/mol. The minimum Gasteiger partial charge on any atom is -0.461 e. The molecule has 0 aliphatic heterocycles. The van der Waals surface area contributed by atoms with Gasteiger partial charge in [0.1, 0.15) is 5.82 Å². The van der Waals surface area contributed by atoms with E-state index in [4.69, 9.17) is 4.42 Å². The van der Waals surface area contributed by atoms with Crippen molar-refractivity contribution in [3.8, 4) is 11.6 Å². The summed E-state index contributed by atoms with van der Waals surface area (Å²) in [7, 11) is 0. The predicted molar refractivity (Wildman–Crippen MR) is 110 cm³/mol. The van der Waals surface area contributed by atoms with Crippen LogP contribution in [0.4, 0.5) is 8.78 Å². The normalized spacial score (nSPS) is 15.4. The molecule has 4 aromatic rings. The SMILES string of the molecule is FC(F)n1c(CSc2nnc(-c3ccco3)n2C2CCCCC2)nc2ccccc21. The van der Waals surface area contributed by atoms with E-state index in [1.165, 1.54) is 18.2 Å². The molecule has 0 bridgehead atoms. The number of thioether (sulfide) groups is 1. The van der Waals surface area contributed by atoms with Gasteiger partial charge in [-0.3, -0.25) is 9.13 Å². The topological polar surface area (TPSA) is 61.7 Å². The van der Waals surface area contributed by atoms with Crippen LogP contribution in [0, 0.1) is 0 Å². The summed E-state index contributed by atoms with van der Waals surface area (Å²) in [6, 6.07) is 10.9. The number of alkyl halides is 2. The smallest absolute Gasteiger partial charge is 0.320 e. The molecular formula is C21H21F2N5OS. The molecule has 0 unspecified atom stereocenters. The summed E-state index contributed by atoms with van der Waals surface area (Å²) in [5.41, 5.74) is 1.01. The molecule has 0 radical (unpaired) electrons. The van der Waals surface area contributed by atoms with Crippen molar-refractivity contribution >= 4 is 22.8 Å². The molecule has 1 fully saturated rings. The fraction of sp³-hybridized carbons (Fsp3) is 0.381. The van der Waals surface area contributed by atoms with Gasteiger partial charge in [0.15, 0.2) is 10.9 Å². The second kappa shape index (κ2) is 8.22. The van der Waals surface area contributed by atoms with Gasteiger partial charge in [0.2, 0.25) is 5.82 Å². The van der Waals surface area contributed by atoms with Gasteiger partial charge < -0.3 is 4.42 Å². The molecule has 0 N–H and O–H groups in total. The fourth-order valence-electron chi connectivity index (χ4n) is 4.16. The van der Waals surface area contributed by atoms with Crippen LogP contribution in [0.15, 0.2) is 52.2 Å². The van der Waals surface area contributed by atoms with E-state index >= 15 is 0 Å². The van der Waals surface area contributed by atoms with Gasteiger partial charge >= 0.3 is 6.55 Å². The van der Waals surface area contributed by atoms with Crippen LogP contribution >= 0.6 is 11.8 Å². The molecule has 0 spiro atoms. The Balaban J connectivity index is 1.48. The maximum Gasteiger partial charge on any atom is 0.320 e. The van der Waals surface area contributed by atoms with Crippen LogP contribution < -0.4 is 0 Å². The number of fused-ring (bicyclic) bond motifs is 1. The van der Waals surface area contributed by atoms with E-state index in [0.29, 0.717) is 33.6 Å². The number of hydrogen-bond acceptors (Lipinski definition) is 5. The second-order valence-corrected chi connectivity index (χ2v) is 8.34. The molecule has 3 heterocycles. The minimum atomic E-state index is -2.65. The highest BCUT2D eigenvalue weighted by Gasteiger charge is 2.26. The third-order valence-electron chi connectivity index (χ3n) is 5.54. The lowest BCUT2D eigenvalue weighted by molar-refractivity contribution is 0.0722. The molecule has 0 amide bonds. The number of imidazole rings is 1. The summed E-state index contributed by atoms with van der Waals surface area (Å²) >= 11 is 1.39. The van der Waals surface area contributed by atoms with E-state index in [9.17, 15) is 8.78 Å². The van der Waals surface area contributed by atoms with E-state index in [1.54, 1.807) is 30.5 Å². The second-order valence-electron chi connectivity index (χ2n) is 7.40. The third-order valence-corrected chi connectivity index (χ3v) is 6.48. The summed E-state index contributed by atoms with van der Waals surface area (Å²) in [6.45, 7) is -2.65. The van der Waals surface area contributed by atoms with Crippen molar-refractivity contribution in [1.29, 1.82) is 0 Å². The van der Waals surface area contributed by atoms with Gasteiger partial charge in [-0.1, -0.05) is 43.2 Å². The number of nitrogens with zero attached hydrogens (tertiary/aromatic N) is 5. The number of aromatic nitrogens is 5. The molecule has 1 aliphatic carbocycles. The van der Waals surface area contributed by atoms with Crippen LogP contribution in [0.2, 0.25) is 0 Å². The largest absolute Gasteiger partial charge is 0.461 e. The number of halogens is 2. The molecule has 1 aromatic carbocycles. The van der Waals surface area contributed by atoms with Crippen molar-refractivity contribution in [2.24, 2.45) is 0 Å². The zero-order chi connectivity index (χ0) is 20.5. The molecule has 1 aliphatic rings. The molecule has 1 saturated carbocycles. The lowest BCUT2D eigenvalue weighted by Crippen LogP contribution is -2.15. The highest BCUT2D eigenvalue weighted by atomic mass is 32.2. The van der Waals surface area contributed by atoms with Crippen LogP contribution in [0.1, 0.15) is 50.5 Å². The summed E-state index contributed by atoms with van der Waals surface area (Å²) in [4.78, 5) is 4.43. The predicted octanol–water partition coefficient (Wildman–Crippen LogP) is 6.08. The fourth-order valence-corrected chi connectivity index (χ4v) is 5.10. The van der Waals surface area contributed by atoms with E-state index in [2.05, 4.69) is 19.7 Å². The quantitative estimate of drug-likeness (QED) is 0.348. The Bertz CT molecular complexity index is 1130. The van der Waals surface area contributed by atoms with E-state index in [0.717, 1.165) is 30.3 Å². The molecule has 156 valence electrons. The van der Waals surface area contributed by atoms with Gasteiger partial charge in [-0.05, 0) is 37.1 Å². The Morgan fingerprint density at radius 1 is 1.07 bits per heavy atom. The standard InChI is InChI=1S/C21H21F2N5OS/c22-20(23)28-16-10-5-4-9-15(16)24-18(28)13-30-21-26-25-19(17-11-6-12-29-17)27(21)14-7-2-1-3-8-14/h4-6,9-12,14,20H,1-3,7-8,13H2. The van der Waals surface area contributed by atoms with E-state index in [-0.39, 0.29) is 11.8 Å². The lowest BCUT2D eigenvalue weighted by atomic mass is 9.95. The Morgan fingerprint density at radius 3 is 2.67 bits per heavy atom. The van der Waals surface area contributed by atoms with Crippen molar-refractivity contribution < 1.29 is 13.2 Å². The van der Waals surface area contributed by atoms with Gasteiger partial charge in [-0.25, -0.2) is 4.98 Å². The first-order chi connectivity index (χ1) is 14.7. The third kappa shape index (κ3) is 3.51. The Hall–Kier alpha value is -2.68. The van der Waals surface area contributed by atoms with E-state index < -0.39 is 6.55 Å². The van der Waals surface area contributed by atoms with Crippen molar-refractivity contribution in [2.45, 2.75) is 55.6 Å². The summed E-state index contributed by atoms with van der Waals surface area (Å²) in [5, 5.41) is 9.46. The van der Waals surface area contributed by atoms with Gasteiger partial charge in [-0.15, -0.1) is 10.2 Å². The number of rotatable bonds is 6. The Morgan fingerprint density at radius 2 is 1.90 bits per heavy atom. The van der Waals surface area contributed by atoms with Crippen LogP contribution in [0.25, 0.3) is 22.6 Å². The first-order valence-corrected chi connectivity index (χ1v) is 11.1. The zero-order valence-electron chi connectivity index (χ0n) is 16.2. The average molecular weight is 429 g/mol. The van der Waals surface area contributed by atoms with Crippen molar-refractivity contribution in [1.82, 2.24) is 24.3 Å². The Labute approximate surface area is 176 Å². The molecule has 9 heteroatoms. The lowest BCUT2D eigenvalue weighted by Gasteiger charge is -2.25. The van der Waals surface area contributed by atoms with Gasteiger partial charge in [0, 0.05) is 6.04 Å². The van der Waals surface area contributed by atoms with Crippen LogP contribution in [0.3, 0.4) is 0 Å². The number of furan rings is 1. The molecule has 6 nitrogen and oxygen atoms in total. The number of benzene rings is 1. The van der Waals surface area contributed by atoms with Crippen LogP contribution in [0.5, 0.6) is 0 Å². The molecular weight excluding hydrogens is 408 g/mol. The van der Waals surface area contributed by atoms with Crippen molar-refractivity contribution in [3.63, 3.8) is 0 Å². The maximum atomic E-state index is 13.7. The summed E-state index contributed by atoms with van der Waals surface area (Å²) in [6.07, 6.45) is 7.27. The zero-order valence-corrected chi connectivity index (χ0v) is 17.1. The summed E-state index contributed by atoms with van der Waals surface area (Å²) in [5.74, 6) is 1.97.